The number of hydrogen-bond donors (Lipinski definition) is 1. The Kier molecular flexibility index (Phi) is 3.46. The smallest absolute Gasteiger partial charge is 0.135 e. The molecule has 0 unspecified atom stereocenters. The molecular formula is C19H14BrN3. The third-order valence-electron chi connectivity index (χ3n) is 3.91. The van der Waals surface area contributed by atoms with Crippen molar-refractivity contribution in [1.29, 1.82) is 0 Å². The van der Waals surface area contributed by atoms with Crippen LogP contribution in [-0.4, -0.2) is 9.97 Å². The summed E-state index contributed by atoms with van der Waals surface area (Å²) in [4.78, 5) is 9.10. The van der Waals surface area contributed by atoms with Crippen molar-refractivity contribution in [2.24, 2.45) is 0 Å². The molecule has 0 atom stereocenters. The van der Waals surface area contributed by atoms with Crippen LogP contribution in [0, 0.1) is 0 Å². The largest absolute Gasteiger partial charge is 0.383 e. The number of fused-ring (bicyclic) bond motifs is 2. The number of hydrogen-bond acceptors (Lipinski definition) is 3. The molecule has 0 saturated carbocycles. The standard InChI is InChI=1S/C19H14BrN3/c20-15-7-8-17-16(11-15)19(21)23-18(22-17)10-12-5-6-13-3-1-2-4-14(13)9-12/h1-9,11H,10H2,(H2,21,22,23). The summed E-state index contributed by atoms with van der Waals surface area (Å²) in [6.07, 6.45) is 0.668. The monoisotopic (exact) mass is 363 g/mol. The summed E-state index contributed by atoms with van der Waals surface area (Å²) in [6, 6.07) is 20.6. The van der Waals surface area contributed by atoms with Gasteiger partial charge in [0.1, 0.15) is 11.6 Å². The first-order valence-electron chi connectivity index (χ1n) is 7.38. The van der Waals surface area contributed by atoms with Gasteiger partial charge in [-0.1, -0.05) is 58.4 Å². The van der Waals surface area contributed by atoms with Gasteiger partial charge in [0.15, 0.2) is 0 Å². The van der Waals surface area contributed by atoms with Gasteiger partial charge < -0.3 is 5.73 Å². The minimum absolute atomic E-state index is 0.520. The highest BCUT2D eigenvalue weighted by molar-refractivity contribution is 9.10. The van der Waals surface area contributed by atoms with E-state index in [4.69, 9.17) is 5.73 Å². The second-order valence-electron chi connectivity index (χ2n) is 5.54. The van der Waals surface area contributed by atoms with E-state index in [0.717, 1.165) is 21.2 Å². The molecule has 112 valence electrons. The Labute approximate surface area is 142 Å². The van der Waals surface area contributed by atoms with E-state index >= 15 is 0 Å². The lowest BCUT2D eigenvalue weighted by atomic mass is 10.0. The molecule has 1 heterocycles. The van der Waals surface area contributed by atoms with E-state index in [9.17, 15) is 0 Å². The zero-order chi connectivity index (χ0) is 15.8. The molecule has 4 aromatic rings. The molecule has 0 spiro atoms. The molecule has 2 N–H and O–H groups in total. The van der Waals surface area contributed by atoms with Crippen LogP contribution in [0.1, 0.15) is 11.4 Å². The van der Waals surface area contributed by atoms with Crippen LogP contribution in [0.2, 0.25) is 0 Å². The summed E-state index contributed by atoms with van der Waals surface area (Å²) in [5, 5.41) is 3.34. The van der Waals surface area contributed by atoms with E-state index in [-0.39, 0.29) is 0 Å². The van der Waals surface area contributed by atoms with Crippen molar-refractivity contribution in [3.63, 3.8) is 0 Å². The molecule has 0 aliphatic carbocycles. The lowest BCUT2D eigenvalue weighted by Crippen LogP contribution is -2.02. The first kappa shape index (κ1) is 14.2. The molecule has 1 aromatic heterocycles. The summed E-state index contributed by atoms with van der Waals surface area (Å²) in [7, 11) is 0. The number of benzene rings is 3. The lowest BCUT2D eigenvalue weighted by Gasteiger charge is -2.07. The SMILES string of the molecule is Nc1nc(Cc2ccc3ccccc3c2)nc2ccc(Br)cc12. The van der Waals surface area contributed by atoms with E-state index in [1.54, 1.807) is 0 Å². The summed E-state index contributed by atoms with van der Waals surface area (Å²) in [5.74, 6) is 1.26. The molecule has 23 heavy (non-hydrogen) atoms. The minimum atomic E-state index is 0.520. The van der Waals surface area contributed by atoms with Crippen LogP contribution in [0.25, 0.3) is 21.7 Å². The van der Waals surface area contributed by atoms with Crippen molar-refractivity contribution >= 4 is 43.4 Å². The van der Waals surface area contributed by atoms with E-state index in [1.165, 1.54) is 16.3 Å². The second-order valence-corrected chi connectivity index (χ2v) is 6.46. The lowest BCUT2D eigenvalue weighted by molar-refractivity contribution is 0.999. The fourth-order valence-corrected chi connectivity index (χ4v) is 3.15. The number of rotatable bonds is 2. The highest BCUT2D eigenvalue weighted by Crippen LogP contribution is 2.23. The van der Waals surface area contributed by atoms with Gasteiger partial charge in [0, 0.05) is 16.3 Å². The fraction of sp³-hybridized carbons (Fsp3) is 0.0526. The van der Waals surface area contributed by atoms with Gasteiger partial charge in [0.05, 0.1) is 5.52 Å². The van der Waals surface area contributed by atoms with Gasteiger partial charge in [0.25, 0.3) is 0 Å². The third kappa shape index (κ3) is 2.78. The maximum Gasteiger partial charge on any atom is 0.135 e. The average molecular weight is 364 g/mol. The molecule has 0 bridgehead atoms. The maximum absolute atomic E-state index is 6.10. The highest BCUT2D eigenvalue weighted by atomic mass is 79.9. The Bertz CT molecular complexity index is 1030. The van der Waals surface area contributed by atoms with Crippen molar-refractivity contribution in [3.8, 4) is 0 Å². The number of nitrogens with two attached hydrogens (primary N) is 1. The highest BCUT2D eigenvalue weighted by Gasteiger charge is 2.07. The van der Waals surface area contributed by atoms with Crippen LogP contribution in [0.3, 0.4) is 0 Å². The molecule has 4 heteroatoms. The van der Waals surface area contributed by atoms with Gasteiger partial charge in [-0.05, 0) is 34.5 Å². The average Bonchev–Trinajstić information content (AvgIpc) is 2.55. The van der Waals surface area contributed by atoms with E-state index in [0.29, 0.717) is 12.2 Å². The van der Waals surface area contributed by atoms with E-state index in [2.05, 4.69) is 62.3 Å². The Hall–Kier alpha value is -2.46. The normalized spacial score (nSPS) is 11.2. The second kappa shape index (κ2) is 5.63. The topological polar surface area (TPSA) is 51.8 Å². The summed E-state index contributed by atoms with van der Waals surface area (Å²) >= 11 is 3.45. The van der Waals surface area contributed by atoms with Crippen molar-refractivity contribution < 1.29 is 0 Å². The van der Waals surface area contributed by atoms with Gasteiger partial charge in [-0.2, -0.15) is 0 Å². The number of anilines is 1. The predicted molar refractivity (Wildman–Crippen MR) is 98.4 cm³/mol. The summed E-state index contributed by atoms with van der Waals surface area (Å²) < 4.78 is 0.975. The van der Waals surface area contributed by atoms with Crippen molar-refractivity contribution in [3.05, 3.63) is 76.5 Å². The fourth-order valence-electron chi connectivity index (χ4n) is 2.78. The number of halogens is 1. The molecule has 0 aliphatic rings. The van der Waals surface area contributed by atoms with Crippen molar-refractivity contribution in [1.82, 2.24) is 9.97 Å². The Balaban J connectivity index is 1.75. The van der Waals surface area contributed by atoms with Gasteiger partial charge in [0.2, 0.25) is 0 Å². The molecule has 0 fully saturated rings. The number of aromatic nitrogens is 2. The van der Waals surface area contributed by atoms with Crippen LogP contribution < -0.4 is 5.73 Å². The Morgan fingerprint density at radius 3 is 2.57 bits per heavy atom. The van der Waals surface area contributed by atoms with Gasteiger partial charge in [-0.3, -0.25) is 0 Å². The van der Waals surface area contributed by atoms with Crippen LogP contribution in [0.15, 0.2) is 65.1 Å². The van der Waals surface area contributed by atoms with E-state index < -0.39 is 0 Å². The molecule has 0 radical (unpaired) electrons. The molecular weight excluding hydrogens is 350 g/mol. The molecule has 0 aliphatic heterocycles. The minimum Gasteiger partial charge on any atom is -0.383 e. The van der Waals surface area contributed by atoms with Crippen molar-refractivity contribution in [2.75, 3.05) is 5.73 Å². The number of nitrogen functional groups attached to an aromatic ring is 1. The van der Waals surface area contributed by atoms with Crippen LogP contribution in [0.5, 0.6) is 0 Å². The zero-order valence-corrected chi connectivity index (χ0v) is 13.9. The van der Waals surface area contributed by atoms with Gasteiger partial charge in [-0.25, -0.2) is 9.97 Å². The van der Waals surface area contributed by atoms with Gasteiger partial charge >= 0.3 is 0 Å². The predicted octanol–water partition coefficient (Wildman–Crippen LogP) is 4.72. The Morgan fingerprint density at radius 1 is 0.870 bits per heavy atom. The molecule has 3 aromatic carbocycles. The van der Waals surface area contributed by atoms with Crippen molar-refractivity contribution in [2.45, 2.75) is 6.42 Å². The van der Waals surface area contributed by atoms with Crippen LogP contribution in [-0.2, 0) is 6.42 Å². The maximum atomic E-state index is 6.10. The zero-order valence-electron chi connectivity index (χ0n) is 12.3. The molecule has 4 rings (SSSR count). The van der Waals surface area contributed by atoms with Crippen LogP contribution in [0.4, 0.5) is 5.82 Å². The molecule has 0 amide bonds. The summed E-state index contributed by atoms with van der Waals surface area (Å²) in [6.45, 7) is 0. The summed E-state index contributed by atoms with van der Waals surface area (Å²) in [5.41, 5.74) is 8.15. The third-order valence-corrected chi connectivity index (χ3v) is 4.40. The number of nitrogens with zero attached hydrogens (tertiary/aromatic N) is 2. The first-order chi connectivity index (χ1) is 11.2. The Morgan fingerprint density at radius 2 is 1.70 bits per heavy atom. The quantitative estimate of drug-likeness (QED) is 0.560. The molecule has 3 nitrogen and oxygen atoms in total. The van der Waals surface area contributed by atoms with Gasteiger partial charge in [-0.15, -0.1) is 0 Å². The van der Waals surface area contributed by atoms with Crippen LogP contribution >= 0.6 is 15.9 Å². The molecule has 0 saturated heterocycles. The van der Waals surface area contributed by atoms with E-state index in [1.807, 2.05) is 24.3 Å². The first-order valence-corrected chi connectivity index (χ1v) is 8.18.